The molecule has 1 amide bonds. The number of anilines is 1. The van der Waals surface area contributed by atoms with Gasteiger partial charge in [0.2, 0.25) is 0 Å². The van der Waals surface area contributed by atoms with E-state index in [1.54, 1.807) is 0 Å². The average molecular weight is 439 g/mol. The van der Waals surface area contributed by atoms with Crippen molar-refractivity contribution in [2.75, 3.05) is 5.32 Å². The molecule has 0 saturated heterocycles. The predicted octanol–water partition coefficient (Wildman–Crippen LogP) is 4.86. The number of benzene rings is 2. The van der Waals surface area contributed by atoms with Crippen LogP contribution in [0.5, 0.6) is 0 Å². The van der Waals surface area contributed by atoms with E-state index in [1.807, 2.05) is 83.4 Å². The normalized spacial score (nSPS) is 10.8. The second-order valence-electron chi connectivity index (χ2n) is 5.57. The molecule has 4 nitrogen and oxygen atoms in total. The van der Waals surface area contributed by atoms with E-state index < -0.39 is 0 Å². The van der Waals surface area contributed by atoms with E-state index in [9.17, 15) is 4.79 Å². The Morgan fingerprint density at radius 2 is 1.76 bits per heavy atom. The lowest BCUT2D eigenvalue weighted by atomic mass is 10.1. The lowest BCUT2D eigenvalue weighted by Gasteiger charge is -2.08. The highest BCUT2D eigenvalue weighted by atomic mass is 127. The van der Waals surface area contributed by atoms with Crippen molar-refractivity contribution in [3.05, 3.63) is 88.1 Å². The van der Waals surface area contributed by atoms with E-state index in [0.717, 1.165) is 20.5 Å². The number of aromatic nitrogens is 2. The van der Waals surface area contributed by atoms with Crippen LogP contribution in [0.4, 0.5) is 5.82 Å². The Kier molecular flexibility index (Phi) is 4.23. The third kappa shape index (κ3) is 3.15. The summed E-state index contributed by atoms with van der Waals surface area (Å²) >= 11 is 2.20. The first-order chi connectivity index (χ1) is 12.2. The van der Waals surface area contributed by atoms with Crippen LogP contribution in [0.1, 0.15) is 10.4 Å². The minimum Gasteiger partial charge on any atom is -0.306 e. The largest absolute Gasteiger partial charge is 0.306 e. The summed E-state index contributed by atoms with van der Waals surface area (Å²) in [5, 5.41) is 3.03. The van der Waals surface area contributed by atoms with Crippen LogP contribution in [-0.2, 0) is 0 Å². The van der Waals surface area contributed by atoms with Crippen molar-refractivity contribution in [2.45, 2.75) is 0 Å². The number of pyridine rings is 1. The molecule has 0 aliphatic carbocycles. The second-order valence-corrected chi connectivity index (χ2v) is 6.81. The van der Waals surface area contributed by atoms with E-state index in [2.05, 4.69) is 27.9 Å². The van der Waals surface area contributed by atoms with Crippen molar-refractivity contribution in [3.63, 3.8) is 0 Å². The minimum atomic E-state index is -0.152. The Hall–Kier alpha value is -2.67. The fourth-order valence-electron chi connectivity index (χ4n) is 2.72. The highest BCUT2D eigenvalue weighted by molar-refractivity contribution is 14.1. The van der Waals surface area contributed by atoms with E-state index in [4.69, 9.17) is 4.98 Å². The van der Waals surface area contributed by atoms with Gasteiger partial charge in [0.15, 0.2) is 0 Å². The lowest BCUT2D eigenvalue weighted by molar-refractivity contribution is 0.102. The van der Waals surface area contributed by atoms with Crippen molar-refractivity contribution in [3.8, 4) is 11.3 Å². The van der Waals surface area contributed by atoms with Gasteiger partial charge in [-0.2, -0.15) is 0 Å². The summed E-state index contributed by atoms with van der Waals surface area (Å²) < 4.78 is 2.92. The summed E-state index contributed by atoms with van der Waals surface area (Å²) in [6, 6.07) is 23.2. The van der Waals surface area contributed by atoms with Gasteiger partial charge >= 0.3 is 0 Å². The van der Waals surface area contributed by atoms with Gasteiger partial charge < -0.3 is 5.32 Å². The number of hydrogen-bond donors (Lipinski definition) is 1. The molecule has 25 heavy (non-hydrogen) atoms. The summed E-state index contributed by atoms with van der Waals surface area (Å²) in [6.07, 6.45) is 1.90. The number of hydrogen-bond acceptors (Lipinski definition) is 2. The number of carbonyl (C=O) groups is 1. The fraction of sp³-hybridized carbons (Fsp3) is 0. The molecular weight excluding hydrogens is 425 g/mol. The molecule has 1 N–H and O–H groups in total. The Bertz CT molecular complexity index is 1060. The molecule has 0 aliphatic rings. The van der Waals surface area contributed by atoms with Crippen LogP contribution in [0.2, 0.25) is 0 Å². The molecule has 5 heteroatoms. The van der Waals surface area contributed by atoms with Crippen molar-refractivity contribution in [1.82, 2.24) is 9.38 Å². The van der Waals surface area contributed by atoms with Gasteiger partial charge in [0.1, 0.15) is 17.2 Å². The van der Waals surface area contributed by atoms with E-state index >= 15 is 0 Å². The molecule has 2 aromatic heterocycles. The zero-order valence-electron chi connectivity index (χ0n) is 13.2. The first-order valence-corrected chi connectivity index (χ1v) is 8.90. The third-order valence-electron chi connectivity index (χ3n) is 3.90. The van der Waals surface area contributed by atoms with Gasteiger partial charge in [-0.15, -0.1) is 0 Å². The molecule has 0 saturated carbocycles. The first-order valence-electron chi connectivity index (χ1n) is 7.82. The number of rotatable bonds is 3. The fourth-order valence-corrected chi connectivity index (χ4v) is 3.27. The smallest absolute Gasteiger partial charge is 0.256 e. The standard InChI is InChI=1S/C20H14IN3O/c21-16-10-6-9-15(13-16)20(25)23-19-18(14-7-2-1-3-8-14)22-17-11-4-5-12-24(17)19/h1-13H,(H,23,25). The van der Waals surface area contributed by atoms with Crippen LogP contribution in [0.25, 0.3) is 16.9 Å². The monoisotopic (exact) mass is 439 g/mol. The SMILES string of the molecule is O=C(Nc1c(-c2ccccc2)nc2ccccn12)c1cccc(I)c1. The molecule has 0 bridgehead atoms. The molecule has 0 fully saturated rings. The Labute approximate surface area is 158 Å². The van der Waals surface area contributed by atoms with Gasteiger partial charge in [-0.05, 0) is 52.9 Å². The zero-order chi connectivity index (χ0) is 17.2. The van der Waals surface area contributed by atoms with Crippen molar-refractivity contribution in [2.24, 2.45) is 0 Å². The summed E-state index contributed by atoms with van der Waals surface area (Å²) in [5.41, 5.74) is 3.13. The molecule has 0 radical (unpaired) electrons. The number of halogens is 1. The second kappa shape index (κ2) is 6.68. The van der Waals surface area contributed by atoms with Crippen LogP contribution in [0.3, 0.4) is 0 Å². The minimum absolute atomic E-state index is 0.152. The van der Waals surface area contributed by atoms with Crippen LogP contribution in [0.15, 0.2) is 79.0 Å². The van der Waals surface area contributed by atoms with E-state index in [-0.39, 0.29) is 5.91 Å². The predicted molar refractivity (Wildman–Crippen MR) is 108 cm³/mol. The van der Waals surface area contributed by atoms with Gasteiger partial charge in [-0.3, -0.25) is 9.20 Å². The molecule has 4 rings (SSSR count). The van der Waals surface area contributed by atoms with Gasteiger partial charge in [0.05, 0.1) is 0 Å². The van der Waals surface area contributed by atoms with Crippen LogP contribution in [-0.4, -0.2) is 15.3 Å². The molecule has 0 unspecified atom stereocenters. The van der Waals surface area contributed by atoms with Crippen molar-refractivity contribution >= 4 is 40.0 Å². The lowest BCUT2D eigenvalue weighted by Crippen LogP contribution is -2.14. The van der Waals surface area contributed by atoms with Gasteiger partial charge in [-0.25, -0.2) is 4.98 Å². The van der Waals surface area contributed by atoms with Crippen LogP contribution < -0.4 is 5.32 Å². The Morgan fingerprint density at radius 3 is 2.56 bits per heavy atom. The maximum Gasteiger partial charge on any atom is 0.256 e. The number of imidazole rings is 1. The number of nitrogens with zero attached hydrogens (tertiary/aromatic N) is 2. The molecule has 0 spiro atoms. The number of amides is 1. The summed E-state index contributed by atoms with van der Waals surface area (Å²) in [7, 11) is 0. The topological polar surface area (TPSA) is 46.4 Å². The molecule has 2 heterocycles. The highest BCUT2D eigenvalue weighted by Crippen LogP contribution is 2.29. The molecular formula is C20H14IN3O. The molecule has 122 valence electrons. The average Bonchev–Trinajstić information content (AvgIpc) is 3.01. The third-order valence-corrected chi connectivity index (χ3v) is 4.57. The van der Waals surface area contributed by atoms with Crippen LogP contribution in [0, 0.1) is 3.57 Å². The maximum atomic E-state index is 12.7. The summed E-state index contributed by atoms with van der Waals surface area (Å²) in [5.74, 6) is 0.520. The molecule has 0 atom stereocenters. The molecule has 2 aromatic carbocycles. The molecule has 4 aromatic rings. The first kappa shape index (κ1) is 15.8. The van der Waals surface area contributed by atoms with Gasteiger partial charge in [0.25, 0.3) is 5.91 Å². The van der Waals surface area contributed by atoms with Gasteiger partial charge in [0, 0.05) is 20.9 Å². The van der Waals surface area contributed by atoms with Crippen molar-refractivity contribution in [1.29, 1.82) is 0 Å². The quantitative estimate of drug-likeness (QED) is 0.464. The van der Waals surface area contributed by atoms with E-state index in [1.165, 1.54) is 0 Å². The van der Waals surface area contributed by atoms with Crippen molar-refractivity contribution < 1.29 is 4.79 Å². The maximum absolute atomic E-state index is 12.7. The number of carbonyl (C=O) groups excluding carboxylic acids is 1. The van der Waals surface area contributed by atoms with E-state index in [0.29, 0.717) is 11.4 Å². The summed E-state index contributed by atoms with van der Waals surface area (Å²) in [4.78, 5) is 17.4. The number of nitrogens with one attached hydrogen (secondary N) is 1. The molecule has 0 aliphatic heterocycles. The Morgan fingerprint density at radius 1 is 0.960 bits per heavy atom. The summed E-state index contributed by atoms with van der Waals surface area (Å²) in [6.45, 7) is 0. The Balaban J connectivity index is 1.81. The van der Waals surface area contributed by atoms with Gasteiger partial charge in [-0.1, -0.05) is 42.5 Å². The van der Waals surface area contributed by atoms with Crippen LogP contribution >= 0.6 is 22.6 Å². The number of fused-ring (bicyclic) bond motifs is 1. The highest BCUT2D eigenvalue weighted by Gasteiger charge is 2.17. The zero-order valence-corrected chi connectivity index (χ0v) is 15.3.